The number of nitriles is 1. The summed E-state index contributed by atoms with van der Waals surface area (Å²) in [5, 5.41) is 12.3. The SMILES string of the molecule is CCC(C)c1ccccc1OCC(C#N)NC(C)C. The summed E-state index contributed by atoms with van der Waals surface area (Å²) in [5.41, 5.74) is 1.21. The maximum absolute atomic E-state index is 9.09. The number of hydrogen-bond acceptors (Lipinski definition) is 3. The lowest BCUT2D eigenvalue weighted by atomic mass is 9.98. The fourth-order valence-corrected chi connectivity index (χ4v) is 1.94. The predicted octanol–water partition coefficient (Wildman–Crippen LogP) is 3.47. The van der Waals surface area contributed by atoms with Gasteiger partial charge in [0.15, 0.2) is 0 Å². The largest absolute Gasteiger partial charge is 0.491 e. The standard InChI is InChI=1S/C16H24N2O/c1-5-13(4)15-8-6-7-9-16(15)19-11-14(10-17)18-12(2)3/h6-9,12-14,18H,5,11H2,1-4H3. The molecule has 1 aromatic rings. The quantitative estimate of drug-likeness (QED) is 0.816. The second-order valence-corrected chi connectivity index (χ2v) is 5.16. The molecule has 3 nitrogen and oxygen atoms in total. The zero-order valence-corrected chi connectivity index (χ0v) is 12.3. The summed E-state index contributed by atoms with van der Waals surface area (Å²) < 4.78 is 5.83. The van der Waals surface area contributed by atoms with Crippen LogP contribution in [0.25, 0.3) is 0 Å². The minimum atomic E-state index is -0.273. The molecule has 1 rings (SSSR count). The molecule has 3 heteroatoms. The summed E-state index contributed by atoms with van der Waals surface area (Å²) in [6.07, 6.45) is 1.08. The van der Waals surface area contributed by atoms with E-state index in [1.165, 1.54) is 5.56 Å². The molecule has 1 aromatic carbocycles. The van der Waals surface area contributed by atoms with Crippen molar-refractivity contribution in [2.24, 2.45) is 0 Å². The first-order valence-electron chi connectivity index (χ1n) is 6.95. The van der Waals surface area contributed by atoms with Crippen LogP contribution >= 0.6 is 0 Å². The summed E-state index contributed by atoms with van der Waals surface area (Å²) in [5.74, 6) is 1.36. The van der Waals surface area contributed by atoms with Gasteiger partial charge in [-0.2, -0.15) is 5.26 Å². The highest BCUT2D eigenvalue weighted by Gasteiger charge is 2.13. The van der Waals surface area contributed by atoms with E-state index in [2.05, 4.69) is 31.3 Å². The van der Waals surface area contributed by atoms with Crippen molar-refractivity contribution in [3.8, 4) is 11.8 Å². The van der Waals surface area contributed by atoms with E-state index in [9.17, 15) is 0 Å². The van der Waals surface area contributed by atoms with Crippen LogP contribution in [0.1, 0.15) is 45.6 Å². The van der Waals surface area contributed by atoms with Crippen molar-refractivity contribution < 1.29 is 4.74 Å². The topological polar surface area (TPSA) is 45.0 Å². The second-order valence-electron chi connectivity index (χ2n) is 5.16. The Bertz CT molecular complexity index is 423. The van der Waals surface area contributed by atoms with E-state index in [1.54, 1.807) is 0 Å². The molecule has 2 atom stereocenters. The number of ether oxygens (including phenoxy) is 1. The van der Waals surface area contributed by atoms with Crippen LogP contribution in [0.4, 0.5) is 0 Å². The van der Waals surface area contributed by atoms with Crippen molar-refractivity contribution in [3.63, 3.8) is 0 Å². The first kappa shape index (κ1) is 15.5. The van der Waals surface area contributed by atoms with Crippen LogP contribution in [-0.2, 0) is 0 Å². The molecule has 19 heavy (non-hydrogen) atoms. The highest BCUT2D eigenvalue weighted by atomic mass is 16.5. The summed E-state index contributed by atoms with van der Waals surface area (Å²) in [7, 11) is 0. The van der Waals surface area contributed by atoms with Gasteiger partial charge in [0.25, 0.3) is 0 Å². The number of para-hydroxylation sites is 1. The number of benzene rings is 1. The van der Waals surface area contributed by atoms with E-state index in [-0.39, 0.29) is 12.1 Å². The average Bonchev–Trinajstić information content (AvgIpc) is 2.42. The normalized spacial score (nSPS) is 13.9. The molecule has 0 amide bonds. The Morgan fingerprint density at radius 1 is 1.26 bits per heavy atom. The third-order valence-corrected chi connectivity index (χ3v) is 3.16. The van der Waals surface area contributed by atoms with Crippen LogP contribution in [0.3, 0.4) is 0 Å². The van der Waals surface area contributed by atoms with Crippen molar-refractivity contribution in [1.29, 1.82) is 5.26 Å². The zero-order valence-electron chi connectivity index (χ0n) is 12.3. The van der Waals surface area contributed by atoms with Crippen LogP contribution in [-0.4, -0.2) is 18.7 Å². The van der Waals surface area contributed by atoms with Gasteiger partial charge in [-0.25, -0.2) is 0 Å². The van der Waals surface area contributed by atoms with Gasteiger partial charge in [0.2, 0.25) is 0 Å². The van der Waals surface area contributed by atoms with E-state index >= 15 is 0 Å². The van der Waals surface area contributed by atoms with Crippen molar-refractivity contribution in [3.05, 3.63) is 29.8 Å². The zero-order chi connectivity index (χ0) is 14.3. The lowest BCUT2D eigenvalue weighted by molar-refractivity contribution is 0.278. The summed E-state index contributed by atoms with van der Waals surface area (Å²) in [6.45, 7) is 8.78. The van der Waals surface area contributed by atoms with E-state index in [1.807, 2.05) is 32.0 Å². The van der Waals surface area contributed by atoms with Crippen LogP contribution in [0.2, 0.25) is 0 Å². The van der Waals surface area contributed by atoms with Crippen LogP contribution < -0.4 is 10.1 Å². The first-order valence-corrected chi connectivity index (χ1v) is 6.95. The van der Waals surface area contributed by atoms with Crippen LogP contribution in [0.5, 0.6) is 5.75 Å². The summed E-state index contributed by atoms with van der Waals surface area (Å²) >= 11 is 0. The van der Waals surface area contributed by atoms with E-state index < -0.39 is 0 Å². The number of hydrogen-bond donors (Lipinski definition) is 1. The van der Waals surface area contributed by atoms with Crippen molar-refractivity contribution in [2.75, 3.05) is 6.61 Å². The van der Waals surface area contributed by atoms with Crippen molar-refractivity contribution in [2.45, 2.75) is 52.1 Å². The van der Waals surface area contributed by atoms with Gasteiger partial charge in [-0.3, -0.25) is 5.32 Å². The molecule has 2 unspecified atom stereocenters. The molecule has 0 spiro atoms. The van der Waals surface area contributed by atoms with Crippen molar-refractivity contribution in [1.82, 2.24) is 5.32 Å². The smallest absolute Gasteiger partial charge is 0.130 e. The average molecular weight is 260 g/mol. The molecule has 0 aliphatic carbocycles. The van der Waals surface area contributed by atoms with Crippen LogP contribution in [0.15, 0.2) is 24.3 Å². The molecule has 0 aromatic heterocycles. The number of nitrogens with zero attached hydrogens (tertiary/aromatic N) is 1. The molecule has 0 aliphatic heterocycles. The molecule has 104 valence electrons. The molecule has 0 saturated carbocycles. The molecule has 0 radical (unpaired) electrons. The minimum Gasteiger partial charge on any atom is -0.491 e. The predicted molar refractivity (Wildman–Crippen MR) is 78.3 cm³/mol. The van der Waals surface area contributed by atoms with E-state index in [0.29, 0.717) is 12.5 Å². The lowest BCUT2D eigenvalue weighted by Gasteiger charge is -2.19. The molecule has 0 bridgehead atoms. The third-order valence-electron chi connectivity index (χ3n) is 3.16. The van der Waals surface area contributed by atoms with Gasteiger partial charge in [0.05, 0.1) is 6.07 Å². The second kappa shape index (κ2) is 7.81. The molecule has 0 saturated heterocycles. The van der Waals surface area contributed by atoms with Gasteiger partial charge in [0, 0.05) is 6.04 Å². The van der Waals surface area contributed by atoms with Crippen molar-refractivity contribution >= 4 is 0 Å². The molecular formula is C16H24N2O. The molecule has 0 fully saturated rings. The Kier molecular flexibility index (Phi) is 6.38. The van der Waals surface area contributed by atoms with Crippen LogP contribution in [0, 0.1) is 11.3 Å². The highest BCUT2D eigenvalue weighted by molar-refractivity contribution is 5.36. The summed E-state index contributed by atoms with van der Waals surface area (Å²) in [6, 6.07) is 10.3. The Morgan fingerprint density at radius 3 is 2.53 bits per heavy atom. The van der Waals surface area contributed by atoms with Gasteiger partial charge in [-0.1, -0.05) is 32.0 Å². The molecule has 1 N–H and O–H groups in total. The lowest BCUT2D eigenvalue weighted by Crippen LogP contribution is -2.38. The fourth-order valence-electron chi connectivity index (χ4n) is 1.94. The molecule has 0 heterocycles. The van der Waals surface area contributed by atoms with E-state index in [0.717, 1.165) is 12.2 Å². The Labute approximate surface area is 116 Å². The maximum atomic E-state index is 9.09. The third kappa shape index (κ3) is 4.92. The van der Waals surface area contributed by atoms with Gasteiger partial charge < -0.3 is 4.74 Å². The number of nitrogens with one attached hydrogen (secondary N) is 1. The van der Waals surface area contributed by atoms with Gasteiger partial charge in [0.1, 0.15) is 18.4 Å². The fraction of sp³-hybridized carbons (Fsp3) is 0.562. The van der Waals surface area contributed by atoms with Gasteiger partial charge in [-0.15, -0.1) is 0 Å². The maximum Gasteiger partial charge on any atom is 0.130 e. The number of rotatable bonds is 7. The highest BCUT2D eigenvalue weighted by Crippen LogP contribution is 2.28. The Balaban J connectivity index is 2.69. The van der Waals surface area contributed by atoms with Gasteiger partial charge in [-0.05, 0) is 37.8 Å². The Morgan fingerprint density at radius 2 is 1.95 bits per heavy atom. The first-order chi connectivity index (χ1) is 9.08. The molecule has 0 aliphatic rings. The monoisotopic (exact) mass is 260 g/mol. The summed E-state index contributed by atoms with van der Waals surface area (Å²) in [4.78, 5) is 0. The van der Waals surface area contributed by atoms with Gasteiger partial charge >= 0.3 is 0 Å². The Hall–Kier alpha value is -1.53. The van der Waals surface area contributed by atoms with E-state index in [4.69, 9.17) is 10.00 Å². The molecular weight excluding hydrogens is 236 g/mol. The minimum absolute atomic E-state index is 0.273.